The molecule has 0 heterocycles. The molecule has 0 N–H and O–H groups in total. The molecule has 0 fully saturated rings. The zero-order valence-corrected chi connectivity index (χ0v) is 21.4. The van der Waals surface area contributed by atoms with Crippen LogP contribution in [-0.4, -0.2) is 0 Å². The quantitative estimate of drug-likeness (QED) is 0.190. The minimum atomic E-state index is -0.888. The second-order valence-corrected chi connectivity index (χ2v) is 8.67. The van der Waals surface area contributed by atoms with Crippen molar-refractivity contribution in [1.29, 1.82) is 0 Å². The topological polar surface area (TPSA) is 0 Å². The summed E-state index contributed by atoms with van der Waals surface area (Å²) < 4.78 is 214. The third-order valence-corrected chi connectivity index (χ3v) is 6.06. The van der Waals surface area contributed by atoms with Gasteiger partial charge in [-0.1, -0.05) is 157 Å². The summed E-state index contributed by atoms with van der Waals surface area (Å²) in [7, 11) is 0. The Labute approximate surface area is 283 Å². The monoisotopic (exact) mass is 559 g/mol. The first-order valence-corrected chi connectivity index (χ1v) is 12.4. The second kappa shape index (κ2) is 11.6. The SMILES string of the molecule is [2H]c1c(-c2c([2H])c([2H])c([2H])c([2H])c2[2H])cc(-c2c([2H])c([2H])c([2H])c(-c3ccc(-c4c([2H])c([2H])c([2H])c(-c5c([2H])c([2H])c([2H])c(-c6c([2H])c([2H])c([2H])c([2H])c6[2H])c5[2H])c4[2H])cc3)c2[2H])c([2H])c1[2H]. The van der Waals surface area contributed by atoms with Crippen LogP contribution in [0.2, 0.25) is 0 Å². The van der Waals surface area contributed by atoms with Crippen LogP contribution in [0.15, 0.2) is 181 Å². The highest BCUT2D eigenvalue weighted by Gasteiger charge is 2.07. The summed E-state index contributed by atoms with van der Waals surface area (Å²) in [6.07, 6.45) is 0. The van der Waals surface area contributed by atoms with Crippen molar-refractivity contribution in [2.45, 2.75) is 0 Å². The van der Waals surface area contributed by atoms with E-state index in [1.54, 1.807) is 0 Å². The molecule has 0 aliphatic carbocycles. The van der Waals surface area contributed by atoms with Crippen LogP contribution in [0, 0.1) is 0 Å². The zero-order chi connectivity index (χ0) is 49.9. The number of benzene rings is 7. The zero-order valence-electron chi connectivity index (χ0n) is 46.4. The predicted octanol–water partition coefficient (Wildman–Crippen LogP) is 11.7. The van der Waals surface area contributed by atoms with E-state index in [9.17, 15) is 2.74 Å². The van der Waals surface area contributed by atoms with Gasteiger partial charge in [0.25, 0.3) is 0 Å². The van der Waals surface area contributed by atoms with Crippen LogP contribution in [0.1, 0.15) is 34.3 Å². The molecule has 42 heavy (non-hydrogen) atoms. The smallest absolute Gasteiger partial charge is 0.0622 e. The summed E-state index contributed by atoms with van der Waals surface area (Å²) in [6, 6.07) is -12.9. The largest absolute Gasteiger partial charge is 0.0636 e. The lowest BCUT2D eigenvalue weighted by Gasteiger charge is -2.10. The molecule has 0 atom stereocenters. The van der Waals surface area contributed by atoms with Gasteiger partial charge in [0.1, 0.15) is 0 Å². The number of hydrogen-bond donors (Lipinski definition) is 0. The van der Waals surface area contributed by atoms with E-state index in [1.807, 2.05) is 0 Å². The van der Waals surface area contributed by atoms with Crippen LogP contribution >= 0.6 is 0 Å². The van der Waals surface area contributed by atoms with E-state index >= 15 is 0 Å². The highest BCUT2D eigenvalue weighted by atomic mass is 14.1. The van der Waals surface area contributed by atoms with Crippen molar-refractivity contribution in [1.82, 2.24) is 0 Å². The first-order chi connectivity index (χ1) is 31.2. The predicted molar refractivity (Wildman–Crippen MR) is 179 cm³/mol. The molecule has 7 aromatic carbocycles. The van der Waals surface area contributed by atoms with E-state index in [2.05, 4.69) is 0 Å². The maximum Gasteiger partial charge on any atom is 0.0636 e. The van der Waals surface area contributed by atoms with Gasteiger partial charge in [0.15, 0.2) is 0 Å². The molecule has 0 aromatic heterocycles. The Morgan fingerprint density at radius 1 is 0.238 bits per heavy atom. The molecule has 0 heteroatoms. The van der Waals surface area contributed by atoms with Crippen LogP contribution in [0.5, 0.6) is 0 Å². The normalized spacial score (nSPS) is 19.2. The average Bonchev–Trinajstić information content (AvgIpc) is 3.30. The summed E-state index contributed by atoms with van der Waals surface area (Å²) in [5.74, 6) is 0. The van der Waals surface area contributed by atoms with E-state index in [-0.39, 0.29) is 27.8 Å². The van der Waals surface area contributed by atoms with Crippen molar-refractivity contribution in [2.24, 2.45) is 0 Å². The van der Waals surface area contributed by atoms with Gasteiger partial charge in [0.2, 0.25) is 0 Å². The Hall–Kier alpha value is -5.46. The first kappa shape index (κ1) is 10.1. The molecule has 0 saturated carbocycles. The van der Waals surface area contributed by atoms with Crippen molar-refractivity contribution in [2.75, 3.05) is 0 Å². The van der Waals surface area contributed by atoms with Crippen LogP contribution < -0.4 is 0 Å². The van der Waals surface area contributed by atoms with Gasteiger partial charge in [-0.25, -0.2) is 0 Å². The Balaban J connectivity index is 1.43. The first-order valence-electron chi connectivity index (χ1n) is 24.9. The van der Waals surface area contributed by atoms with Crippen molar-refractivity contribution in [3.8, 4) is 66.8 Å². The van der Waals surface area contributed by atoms with Gasteiger partial charge in [-0.3, -0.25) is 0 Å². The van der Waals surface area contributed by atoms with Gasteiger partial charge in [-0.15, -0.1) is 0 Å². The van der Waals surface area contributed by atoms with Gasteiger partial charge >= 0.3 is 0 Å². The maximum absolute atomic E-state index is 9.26. The maximum atomic E-state index is 9.26. The fraction of sp³-hybridized carbons (Fsp3) is 0. The average molecular weight is 560 g/mol. The molecule has 0 nitrogen and oxygen atoms in total. The summed E-state index contributed by atoms with van der Waals surface area (Å²) in [5, 5.41) is 0. The molecule has 0 spiro atoms. The van der Waals surface area contributed by atoms with Crippen LogP contribution in [0.4, 0.5) is 0 Å². The summed E-state index contributed by atoms with van der Waals surface area (Å²) in [6.45, 7) is 0. The van der Waals surface area contributed by atoms with Crippen molar-refractivity contribution >= 4 is 0 Å². The Bertz CT molecular complexity index is 3280. The molecule has 0 radical (unpaired) electrons. The lowest BCUT2D eigenvalue weighted by Crippen LogP contribution is -1.85. The van der Waals surface area contributed by atoms with Crippen LogP contribution in [0.25, 0.3) is 66.8 Å². The summed E-state index contributed by atoms with van der Waals surface area (Å²) in [5.41, 5.74) is -4.90. The van der Waals surface area contributed by atoms with Gasteiger partial charge in [-0.2, -0.15) is 0 Å². The molecule has 7 rings (SSSR count). The van der Waals surface area contributed by atoms with Crippen LogP contribution in [0.3, 0.4) is 0 Å². The second-order valence-electron chi connectivity index (χ2n) is 8.67. The molecule has 0 amide bonds. The fourth-order valence-electron chi connectivity index (χ4n) is 4.04. The van der Waals surface area contributed by atoms with E-state index in [1.165, 1.54) is 24.3 Å². The van der Waals surface area contributed by atoms with Gasteiger partial charge in [-0.05, 0) is 91.0 Å². The Morgan fingerprint density at radius 2 is 0.500 bits per heavy atom. The van der Waals surface area contributed by atoms with E-state index in [0.717, 1.165) is 6.07 Å². The number of hydrogen-bond acceptors (Lipinski definition) is 0. The Kier molecular flexibility index (Phi) is 2.79. The lowest BCUT2D eigenvalue weighted by molar-refractivity contribution is 1.56. The fourth-order valence-corrected chi connectivity index (χ4v) is 4.04. The molecule has 0 saturated heterocycles. The minimum absolute atomic E-state index is 0.00342. The highest BCUT2D eigenvalue weighted by molar-refractivity contribution is 5.80. The van der Waals surface area contributed by atoms with Gasteiger partial charge in [0.05, 0.1) is 34.3 Å². The third kappa shape index (κ3) is 5.44. The highest BCUT2D eigenvalue weighted by Crippen LogP contribution is 2.33. The molecular weight excluding hydrogens is 504 g/mol. The molecule has 0 aliphatic heterocycles. The Morgan fingerprint density at radius 3 is 0.929 bits per heavy atom. The van der Waals surface area contributed by atoms with Gasteiger partial charge < -0.3 is 0 Å². The molecule has 0 bridgehead atoms. The summed E-state index contributed by atoms with van der Waals surface area (Å²) in [4.78, 5) is 0. The van der Waals surface area contributed by atoms with Crippen molar-refractivity contribution < 1.29 is 34.3 Å². The van der Waals surface area contributed by atoms with Crippen molar-refractivity contribution in [3.05, 3.63) is 181 Å². The lowest BCUT2D eigenvalue weighted by atomic mass is 9.94. The molecule has 7 aromatic rings. The van der Waals surface area contributed by atoms with Crippen LogP contribution in [-0.2, 0) is 0 Å². The van der Waals surface area contributed by atoms with Crippen molar-refractivity contribution in [3.63, 3.8) is 0 Å². The third-order valence-electron chi connectivity index (χ3n) is 6.06. The van der Waals surface area contributed by atoms with E-state index < -0.39 is 190 Å². The van der Waals surface area contributed by atoms with Gasteiger partial charge in [0, 0.05) is 0 Å². The number of rotatable bonds is 6. The molecular formula is C42H30. The molecule has 0 aliphatic rings. The summed E-state index contributed by atoms with van der Waals surface area (Å²) >= 11 is 0. The molecule has 198 valence electrons. The molecule has 0 unspecified atom stereocenters. The van der Waals surface area contributed by atoms with E-state index in [4.69, 9.17) is 31.5 Å². The standard InChI is InChI=1S/C42H30/c1-3-11-31(12-4-1)35-15-7-19-39(27-35)41-21-9-17-37(29-41)33-23-25-34(26-24-33)38-18-10-22-42(30-38)40-20-8-16-36(28-40)32-13-5-2-6-14-32/h1-30H/i1D,2D,3D,4D,5D,6D,7D,8D,9D,10D,11D,12D,13D,14D,15D,16D,17D,18D,19D,20D,21D,22D,27D,29D,30D. The minimum Gasteiger partial charge on any atom is -0.0622 e. The van der Waals surface area contributed by atoms with E-state index in [0.29, 0.717) is 0 Å².